The molecule has 1 aliphatic rings. The van der Waals surface area contributed by atoms with Crippen molar-refractivity contribution in [1.29, 1.82) is 0 Å². The summed E-state index contributed by atoms with van der Waals surface area (Å²) >= 11 is 5.90. The normalized spacial score (nSPS) is 22.0. The molecule has 0 saturated heterocycles. The molecule has 2 aromatic rings. The fourth-order valence-corrected chi connectivity index (χ4v) is 2.33. The first-order valence-electron chi connectivity index (χ1n) is 7.67. The maximum atomic E-state index is 5.90. The lowest BCUT2D eigenvalue weighted by Crippen LogP contribution is -2.38. The molecule has 0 bridgehead atoms. The van der Waals surface area contributed by atoms with Gasteiger partial charge in [-0.15, -0.1) is 0 Å². The summed E-state index contributed by atoms with van der Waals surface area (Å²) in [5, 5.41) is 8.86. The molecule has 0 N–H and O–H groups in total. The van der Waals surface area contributed by atoms with Crippen LogP contribution in [0.3, 0.4) is 0 Å². The molecular weight excluding hydrogens is 328 g/mol. The van der Waals surface area contributed by atoms with E-state index in [9.17, 15) is 0 Å². The van der Waals surface area contributed by atoms with Crippen molar-refractivity contribution >= 4 is 11.6 Å². The number of rotatable bonds is 6. The molecule has 1 heterocycles. The molecule has 1 aliphatic heterocycles. The van der Waals surface area contributed by atoms with E-state index in [4.69, 9.17) is 25.8 Å². The quantitative estimate of drug-likeness (QED) is 0.699. The van der Waals surface area contributed by atoms with E-state index in [-0.39, 0.29) is 6.61 Å². The first-order valence-corrected chi connectivity index (χ1v) is 8.05. The maximum absolute atomic E-state index is 5.90. The number of hydrogen-bond acceptors (Lipinski definition) is 5. The van der Waals surface area contributed by atoms with Gasteiger partial charge in [-0.1, -0.05) is 59.2 Å². The van der Waals surface area contributed by atoms with Crippen LogP contribution in [-0.4, -0.2) is 11.8 Å². The average Bonchev–Trinajstić information content (AvgIpc) is 2.89. The van der Waals surface area contributed by atoms with Gasteiger partial charge in [0.05, 0.1) is 13.2 Å². The van der Waals surface area contributed by atoms with Crippen molar-refractivity contribution in [3.8, 4) is 0 Å². The predicted molar refractivity (Wildman–Crippen MR) is 90.2 cm³/mol. The zero-order chi connectivity index (χ0) is 17.0. The largest absolute Gasteiger partial charge is 0.415 e. The summed E-state index contributed by atoms with van der Waals surface area (Å²) in [7, 11) is 0. The second kappa shape index (κ2) is 6.99. The van der Waals surface area contributed by atoms with Crippen LogP contribution in [0, 0.1) is 0 Å². The van der Waals surface area contributed by atoms with E-state index in [0.717, 1.165) is 11.1 Å². The lowest BCUT2D eigenvalue weighted by atomic mass is 10.2. The fraction of sp³-hybridized carbons (Fsp3) is 0.333. The minimum absolute atomic E-state index is 0.265. The van der Waals surface area contributed by atoms with Gasteiger partial charge >= 0.3 is 6.10 Å². The van der Waals surface area contributed by atoms with Crippen LogP contribution in [-0.2, 0) is 27.4 Å². The van der Waals surface area contributed by atoms with E-state index in [1.54, 1.807) is 26.0 Å². The minimum atomic E-state index is -1.54. The van der Waals surface area contributed by atoms with Crippen LogP contribution >= 0.6 is 11.6 Å². The van der Waals surface area contributed by atoms with E-state index >= 15 is 0 Å². The number of ether oxygens (including phenoxy) is 3. The van der Waals surface area contributed by atoms with E-state index in [1.807, 2.05) is 42.5 Å². The summed E-state index contributed by atoms with van der Waals surface area (Å²) in [6.45, 7) is 4.17. The molecule has 126 valence electrons. The van der Waals surface area contributed by atoms with Crippen molar-refractivity contribution in [1.82, 2.24) is 0 Å². The molecule has 0 aromatic heterocycles. The smallest absolute Gasteiger partial charge is 0.302 e. The summed E-state index contributed by atoms with van der Waals surface area (Å²) in [4.78, 5) is 0. The van der Waals surface area contributed by atoms with Gasteiger partial charge in [0.2, 0.25) is 0 Å². The standard InChI is InChI=1S/C18H19ClN2O3/c1-17(2)20-21-18(24-17,22-12-14-6-4-3-5-7-14)23-13-15-8-10-16(19)11-9-15/h3-11H,12-13H2,1-2H3. The van der Waals surface area contributed by atoms with Crippen molar-refractivity contribution in [3.05, 3.63) is 70.7 Å². The van der Waals surface area contributed by atoms with Crippen LogP contribution in [0.25, 0.3) is 0 Å². The van der Waals surface area contributed by atoms with Gasteiger partial charge in [0.15, 0.2) is 5.72 Å². The van der Waals surface area contributed by atoms with Crippen molar-refractivity contribution in [2.75, 3.05) is 0 Å². The summed E-state index contributed by atoms with van der Waals surface area (Å²) in [6.07, 6.45) is -1.54. The first kappa shape index (κ1) is 17.0. The Morgan fingerprint density at radius 2 is 1.46 bits per heavy atom. The van der Waals surface area contributed by atoms with Crippen molar-refractivity contribution in [3.63, 3.8) is 0 Å². The molecule has 0 saturated carbocycles. The highest BCUT2D eigenvalue weighted by molar-refractivity contribution is 6.30. The third-order valence-corrected chi connectivity index (χ3v) is 3.64. The van der Waals surface area contributed by atoms with Crippen molar-refractivity contribution in [2.24, 2.45) is 10.2 Å². The maximum Gasteiger partial charge on any atom is 0.415 e. The molecule has 0 radical (unpaired) electrons. The van der Waals surface area contributed by atoms with Gasteiger partial charge in [0.1, 0.15) is 0 Å². The van der Waals surface area contributed by atoms with Gasteiger partial charge in [0.25, 0.3) is 0 Å². The van der Waals surface area contributed by atoms with E-state index in [1.165, 1.54) is 0 Å². The number of nitrogens with zero attached hydrogens (tertiary/aromatic N) is 2. The number of azo groups is 1. The molecule has 0 amide bonds. The number of hydrogen-bond donors (Lipinski definition) is 0. The van der Waals surface area contributed by atoms with Gasteiger partial charge in [0, 0.05) is 5.02 Å². The van der Waals surface area contributed by atoms with Crippen LogP contribution in [0.15, 0.2) is 64.8 Å². The molecule has 1 unspecified atom stereocenters. The minimum Gasteiger partial charge on any atom is -0.302 e. The molecule has 2 aromatic carbocycles. The zero-order valence-electron chi connectivity index (χ0n) is 13.6. The summed E-state index contributed by atoms with van der Waals surface area (Å²) in [5.41, 5.74) is 1.14. The lowest BCUT2D eigenvalue weighted by Gasteiger charge is -2.27. The second-order valence-corrected chi connectivity index (χ2v) is 6.40. The molecule has 3 rings (SSSR count). The molecular formula is C18H19ClN2O3. The Kier molecular flexibility index (Phi) is 4.96. The molecule has 0 spiro atoms. The fourth-order valence-electron chi connectivity index (χ4n) is 2.20. The van der Waals surface area contributed by atoms with Gasteiger partial charge in [-0.2, -0.15) is 5.11 Å². The Hall–Kier alpha value is -1.79. The van der Waals surface area contributed by atoms with E-state index in [2.05, 4.69) is 10.2 Å². The number of halogens is 1. The van der Waals surface area contributed by atoms with Crippen molar-refractivity contribution < 1.29 is 14.2 Å². The van der Waals surface area contributed by atoms with Gasteiger partial charge in [-0.3, -0.25) is 4.74 Å². The molecule has 0 aliphatic carbocycles. The zero-order valence-corrected chi connectivity index (χ0v) is 14.4. The van der Waals surface area contributed by atoms with Crippen LogP contribution < -0.4 is 0 Å². The van der Waals surface area contributed by atoms with Gasteiger partial charge in [-0.25, -0.2) is 0 Å². The van der Waals surface area contributed by atoms with Gasteiger partial charge < -0.3 is 9.47 Å². The molecule has 5 nitrogen and oxygen atoms in total. The average molecular weight is 347 g/mol. The molecule has 6 heteroatoms. The Morgan fingerprint density at radius 1 is 0.875 bits per heavy atom. The molecule has 24 heavy (non-hydrogen) atoms. The Labute approximate surface area is 146 Å². The first-order chi connectivity index (χ1) is 11.5. The summed E-state index contributed by atoms with van der Waals surface area (Å²) in [6, 6.07) is 17.1. The highest BCUT2D eigenvalue weighted by Gasteiger charge is 2.46. The van der Waals surface area contributed by atoms with E-state index < -0.39 is 11.8 Å². The number of benzene rings is 2. The highest BCUT2D eigenvalue weighted by Crippen LogP contribution is 2.35. The second-order valence-electron chi connectivity index (χ2n) is 5.96. The Bertz CT molecular complexity index is 704. The van der Waals surface area contributed by atoms with Crippen LogP contribution in [0.4, 0.5) is 0 Å². The Morgan fingerprint density at radius 3 is 2.00 bits per heavy atom. The Balaban J connectivity index is 1.69. The van der Waals surface area contributed by atoms with Crippen LogP contribution in [0.5, 0.6) is 0 Å². The third-order valence-electron chi connectivity index (χ3n) is 3.39. The monoisotopic (exact) mass is 346 g/mol. The SMILES string of the molecule is CC1(C)N=NC(OCc2ccccc2)(OCc2ccc(Cl)cc2)O1. The summed E-state index contributed by atoms with van der Waals surface area (Å²) in [5.74, 6) is 0. The molecule has 0 fully saturated rings. The summed E-state index contributed by atoms with van der Waals surface area (Å²) < 4.78 is 17.5. The molecule has 1 atom stereocenters. The topological polar surface area (TPSA) is 52.4 Å². The highest BCUT2D eigenvalue weighted by atomic mass is 35.5. The lowest BCUT2D eigenvalue weighted by molar-refractivity contribution is -0.393. The van der Waals surface area contributed by atoms with E-state index in [0.29, 0.717) is 11.6 Å². The third kappa shape index (κ3) is 4.39. The van der Waals surface area contributed by atoms with Crippen LogP contribution in [0.2, 0.25) is 5.02 Å². The van der Waals surface area contributed by atoms with Gasteiger partial charge in [-0.05, 0) is 37.1 Å². The van der Waals surface area contributed by atoms with Crippen molar-refractivity contribution in [2.45, 2.75) is 38.9 Å². The van der Waals surface area contributed by atoms with Crippen LogP contribution in [0.1, 0.15) is 25.0 Å². The predicted octanol–water partition coefficient (Wildman–Crippen LogP) is 4.90.